The highest BCUT2D eigenvalue weighted by atomic mass is 79.9. The lowest BCUT2D eigenvalue weighted by atomic mass is 10.1. The van der Waals surface area contributed by atoms with Crippen LogP contribution in [0, 0.1) is 6.92 Å². The summed E-state index contributed by atoms with van der Waals surface area (Å²) in [5, 5.41) is 10.0. The average molecular weight is 512 g/mol. The number of benzene rings is 1. The molecule has 0 bridgehead atoms. The first-order valence-electron chi connectivity index (χ1n) is 11.2. The summed E-state index contributed by atoms with van der Waals surface area (Å²) in [6.45, 7) is 5.49. The minimum absolute atomic E-state index is 0.161. The Morgan fingerprint density at radius 1 is 1.36 bits per heavy atom. The van der Waals surface area contributed by atoms with Gasteiger partial charge in [0.25, 0.3) is 0 Å². The first-order chi connectivity index (χ1) is 15.8. The first kappa shape index (κ1) is 21.9. The van der Waals surface area contributed by atoms with Gasteiger partial charge in [0.2, 0.25) is 11.3 Å². The molecule has 0 radical (unpaired) electrons. The highest BCUT2D eigenvalue weighted by Gasteiger charge is 2.40. The smallest absolute Gasteiger partial charge is 0.341 e. The summed E-state index contributed by atoms with van der Waals surface area (Å²) >= 11 is 3.66. The van der Waals surface area contributed by atoms with E-state index in [1.165, 1.54) is 6.20 Å². The Balaban J connectivity index is 1.55. The van der Waals surface area contributed by atoms with Gasteiger partial charge in [-0.15, -0.1) is 0 Å². The molecule has 1 saturated carbocycles. The van der Waals surface area contributed by atoms with Gasteiger partial charge in [-0.05, 0) is 73.7 Å². The number of rotatable bonds is 6. The van der Waals surface area contributed by atoms with Gasteiger partial charge in [-0.2, -0.15) is 0 Å². The van der Waals surface area contributed by atoms with Gasteiger partial charge in [-0.1, -0.05) is 6.07 Å². The van der Waals surface area contributed by atoms with Crippen LogP contribution in [0.15, 0.2) is 45.9 Å². The second kappa shape index (κ2) is 8.17. The minimum atomic E-state index is -1.19. The van der Waals surface area contributed by atoms with Gasteiger partial charge >= 0.3 is 5.97 Å². The number of carbonyl (C=O) groups is 1. The number of carboxylic acid groups (broad SMARTS) is 1. The molecule has 1 N–H and O–H groups in total. The lowest BCUT2D eigenvalue weighted by molar-refractivity contribution is 0.0694. The standard InChI is InChI=1S/C25H26BrN3O4/c1-15-5-3-9-27-23(15)33-14-16-6-4-10-28(16)21-12-20-17(11-19(21)26)22(30)18(24(31)32)13-29(20)25(2)7-8-25/h3,5,9,11-13,16H,4,6-8,10,14H2,1-2H3,(H,31,32)/t16-/m1/s1. The van der Waals surface area contributed by atoms with E-state index in [1.54, 1.807) is 12.3 Å². The maximum Gasteiger partial charge on any atom is 0.341 e. The first-order valence-corrected chi connectivity index (χ1v) is 12.0. The molecule has 1 aromatic carbocycles. The fourth-order valence-corrected chi connectivity index (χ4v) is 5.27. The monoisotopic (exact) mass is 511 g/mol. The van der Waals surface area contributed by atoms with Crippen molar-refractivity contribution in [1.29, 1.82) is 0 Å². The molecule has 1 atom stereocenters. The number of aryl methyl sites for hydroxylation is 1. The lowest BCUT2D eigenvalue weighted by Crippen LogP contribution is -2.35. The largest absolute Gasteiger partial charge is 0.477 e. The van der Waals surface area contributed by atoms with Crippen molar-refractivity contribution >= 4 is 38.5 Å². The maximum atomic E-state index is 13.0. The van der Waals surface area contributed by atoms with Gasteiger partial charge in [-0.25, -0.2) is 9.78 Å². The van der Waals surface area contributed by atoms with Crippen LogP contribution < -0.4 is 15.1 Å². The molecule has 0 amide bonds. The van der Waals surface area contributed by atoms with E-state index >= 15 is 0 Å². The molecule has 5 rings (SSSR count). The summed E-state index contributed by atoms with van der Waals surface area (Å²) in [5.41, 5.74) is 1.98. The van der Waals surface area contributed by atoms with Crippen molar-refractivity contribution in [2.75, 3.05) is 18.1 Å². The number of ether oxygens (including phenoxy) is 1. The number of anilines is 1. The fourth-order valence-electron chi connectivity index (χ4n) is 4.70. The van der Waals surface area contributed by atoms with Crippen molar-refractivity contribution in [3.63, 3.8) is 0 Å². The molecule has 1 saturated heterocycles. The molecule has 1 aliphatic carbocycles. The highest BCUT2D eigenvalue weighted by molar-refractivity contribution is 9.10. The summed E-state index contributed by atoms with van der Waals surface area (Å²) < 4.78 is 8.83. The number of pyridine rings is 2. The van der Waals surface area contributed by atoms with Crippen LogP contribution in [-0.4, -0.2) is 39.8 Å². The summed E-state index contributed by atoms with van der Waals surface area (Å²) in [6.07, 6.45) is 7.21. The second-order valence-electron chi connectivity index (χ2n) is 9.29. The molecular formula is C25H26BrN3O4. The van der Waals surface area contributed by atoms with E-state index in [0.717, 1.165) is 53.5 Å². The van der Waals surface area contributed by atoms with Crippen LogP contribution >= 0.6 is 15.9 Å². The van der Waals surface area contributed by atoms with Crippen LogP contribution in [0.3, 0.4) is 0 Å². The number of halogens is 1. The number of hydrogen-bond donors (Lipinski definition) is 1. The van der Waals surface area contributed by atoms with Crippen LogP contribution in [0.25, 0.3) is 10.9 Å². The Kier molecular flexibility index (Phi) is 5.43. The van der Waals surface area contributed by atoms with Crippen LogP contribution in [0.4, 0.5) is 5.69 Å². The third-order valence-corrected chi connectivity index (χ3v) is 7.55. The Bertz CT molecular complexity index is 1310. The number of nitrogens with zero attached hydrogens (tertiary/aromatic N) is 3. The predicted molar refractivity (Wildman–Crippen MR) is 131 cm³/mol. The van der Waals surface area contributed by atoms with E-state index in [9.17, 15) is 14.7 Å². The van der Waals surface area contributed by atoms with E-state index in [2.05, 4.69) is 32.7 Å². The molecule has 3 aromatic rings. The summed E-state index contributed by atoms with van der Waals surface area (Å²) in [6, 6.07) is 7.86. The molecule has 3 heterocycles. The zero-order valence-corrected chi connectivity index (χ0v) is 20.3. The molecule has 2 aliphatic rings. The third-order valence-electron chi connectivity index (χ3n) is 6.92. The van der Waals surface area contributed by atoms with Crippen molar-refractivity contribution in [1.82, 2.24) is 9.55 Å². The molecule has 8 heteroatoms. The predicted octanol–water partition coefficient (Wildman–Crippen LogP) is 4.72. The Morgan fingerprint density at radius 3 is 2.85 bits per heavy atom. The summed E-state index contributed by atoms with van der Waals surface area (Å²) in [5.74, 6) is -0.541. The van der Waals surface area contributed by atoms with E-state index < -0.39 is 11.4 Å². The van der Waals surface area contributed by atoms with E-state index in [4.69, 9.17) is 4.74 Å². The van der Waals surface area contributed by atoms with Crippen molar-refractivity contribution < 1.29 is 14.6 Å². The van der Waals surface area contributed by atoms with Gasteiger partial charge in [0.15, 0.2) is 0 Å². The number of fused-ring (bicyclic) bond motifs is 1. The molecular weight excluding hydrogens is 486 g/mol. The molecule has 1 aliphatic heterocycles. The molecule has 0 unspecified atom stereocenters. The van der Waals surface area contributed by atoms with Gasteiger partial charge < -0.3 is 19.3 Å². The normalized spacial score (nSPS) is 19.1. The van der Waals surface area contributed by atoms with Crippen molar-refractivity contribution in [3.8, 4) is 5.88 Å². The highest BCUT2D eigenvalue weighted by Crippen LogP contribution is 2.45. The SMILES string of the molecule is Cc1cccnc1OC[C@H]1CCCN1c1cc2c(cc1Br)c(=O)c(C(=O)O)cn2C1(C)CC1. The third kappa shape index (κ3) is 3.90. The van der Waals surface area contributed by atoms with E-state index in [-0.39, 0.29) is 17.1 Å². The van der Waals surface area contributed by atoms with Gasteiger partial charge in [-0.3, -0.25) is 4.79 Å². The van der Waals surface area contributed by atoms with Crippen LogP contribution in [0.2, 0.25) is 0 Å². The number of aromatic nitrogens is 2. The topological polar surface area (TPSA) is 84.7 Å². The second-order valence-corrected chi connectivity index (χ2v) is 10.1. The van der Waals surface area contributed by atoms with Crippen molar-refractivity contribution in [3.05, 3.63) is 62.5 Å². The zero-order valence-electron chi connectivity index (χ0n) is 18.7. The molecule has 2 fully saturated rings. The maximum absolute atomic E-state index is 13.0. The molecule has 33 heavy (non-hydrogen) atoms. The lowest BCUT2D eigenvalue weighted by Gasteiger charge is -2.29. The number of hydrogen-bond acceptors (Lipinski definition) is 5. The Morgan fingerprint density at radius 2 is 2.15 bits per heavy atom. The number of aromatic carboxylic acids is 1. The van der Waals surface area contributed by atoms with Gasteiger partial charge in [0, 0.05) is 39.9 Å². The summed E-state index contributed by atoms with van der Waals surface area (Å²) in [7, 11) is 0. The average Bonchev–Trinajstić information content (AvgIpc) is 3.36. The Hall–Kier alpha value is -2.87. The van der Waals surface area contributed by atoms with E-state index in [0.29, 0.717) is 17.9 Å². The van der Waals surface area contributed by atoms with Gasteiger partial charge in [0.05, 0.1) is 17.2 Å². The molecule has 7 nitrogen and oxygen atoms in total. The fraction of sp³-hybridized carbons (Fsp3) is 0.400. The summed E-state index contributed by atoms with van der Waals surface area (Å²) in [4.78, 5) is 31.3. The van der Waals surface area contributed by atoms with Crippen LogP contribution in [-0.2, 0) is 5.54 Å². The van der Waals surface area contributed by atoms with E-state index in [1.807, 2.05) is 29.7 Å². The van der Waals surface area contributed by atoms with Crippen molar-refractivity contribution in [2.24, 2.45) is 0 Å². The minimum Gasteiger partial charge on any atom is -0.477 e. The van der Waals surface area contributed by atoms with Crippen molar-refractivity contribution in [2.45, 2.75) is 51.1 Å². The Labute approximate surface area is 200 Å². The number of carboxylic acids is 1. The quantitative estimate of drug-likeness (QED) is 0.515. The molecule has 2 aromatic heterocycles. The van der Waals surface area contributed by atoms with Crippen LogP contribution in [0.5, 0.6) is 5.88 Å². The van der Waals surface area contributed by atoms with Crippen LogP contribution in [0.1, 0.15) is 48.5 Å². The molecule has 172 valence electrons. The molecule has 0 spiro atoms. The zero-order chi connectivity index (χ0) is 23.3. The van der Waals surface area contributed by atoms with Gasteiger partial charge in [0.1, 0.15) is 12.2 Å².